The molecule has 0 aromatic heterocycles. The molecule has 0 rings (SSSR count). The summed E-state index contributed by atoms with van der Waals surface area (Å²) in [7, 11) is 0. The Bertz CT molecular complexity index is 206. The maximum atomic E-state index is 11.1. The van der Waals surface area contributed by atoms with Crippen molar-refractivity contribution in [2.45, 2.75) is 46.0 Å². The van der Waals surface area contributed by atoms with Gasteiger partial charge in [0.25, 0.3) is 0 Å². The molecule has 0 unspecified atom stereocenters. The van der Waals surface area contributed by atoms with Crippen LogP contribution in [0.1, 0.15) is 46.0 Å². The average molecular weight is 181 g/mol. The second-order valence-electron chi connectivity index (χ2n) is 3.54. The average Bonchev–Trinajstić information content (AvgIpc) is 2.02. The number of nitrogens with one attached hydrogen (secondary N) is 1. The Hall–Kier alpha value is -0.920. The van der Waals surface area contributed by atoms with Crippen LogP contribution in [-0.2, 0) is 4.79 Å². The van der Waals surface area contributed by atoms with Crippen LogP contribution in [0, 0.1) is 5.41 Å². The van der Waals surface area contributed by atoms with Crippen molar-refractivity contribution in [1.29, 1.82) is 5.41 Å². The fourth-order valence-electron chi connectivity index (χ4n) is 1.07. The number of carbonyl (C=O) groups is 1. The minimum Gasteiger partial charge on any atom is -0.310 e. The number of ketones is 1. The SMILES string of the molecule is C=C(C)C(=O)CCCCCC(C)=N. The van der Waals surface area contributed by atoms with Gasteiger partial charge in [0.05, 0.1) is 0 Å². The maximum absolute atomic E-state index is 11.1. The molecule has 0 aliphatic rings. The smallest absolute Gasteiger partial charge is 0.157 e. The monoisotopic (exact) mass is 181 g/mol. The van der Waals surface area contributed by atoms with E-state index in [0.717, 1.165) is 31.4 Å². The predicted molar refractivity (Wildman–Crippen MR) is 56.3 cm³/mol. The van der Waals surface area contributed by atoms with Crippen molar-refractivity contribution in [2.24, 2.45) is 0 Å². The topological polar surface area (TPSA) is 40.9 Å². The van der Waals surface area contributed by atoms with E-state index in [4.69, 9.17) is 5.41 Å². The highest BCUT2D eigenvalue weighted by Crippen LogP contribution is 2.06. The van der Waals surface area contributed by atoms with Crippen LogP contribution in [0.2, 0.25) is 0 Å². The van der Waals surface area contributed by atoms with E-state index in [9.17, 15) is 4.79 Å². The standard InChI is InChI=1S/C11H19NO/c1-9(2)11(13)8-6-4-5-7-10(3)12/h12H,1,4-8H2,2-3H3. The Balaban J connectivity index is 3.31. The maximum Gasteiger partial charge on any atom is 0.157 e. The fraction of sp³-hybridized carbons (Fsp3) is 0.636. The summed E-state index contributed by atoms with van der Waals surface area (Å²) >= 11 is 0. The first-order chi connectivity index (χ1) is 6.04. The molecule has 0 heterocycles. The summed E-state index contributed by atoms with van der Waals surface area (Å²) in [5, 5.41) is 7.20. The van der Waals surface area contributed by atoms with Gasteiger partial charge in [-0.15, -0.1) is 0 Å². The molecule has 0 aliphatic heterocycles. The fourth-order valence-corrected chi connectivity index (χ4v) is 1.07. The number of carbonyl (C=O) groups excluding carboxylic acids is 1. The van der Waals surface area contributed by atoms with E-state index >= 15 is 0 Å². The number of Topliss-reactive ketones (excluding diaryl/α,β-unsaturated/α-hetero) is 1. The van der Waals surface area contributed by atoms with Crippen LogP contribution >= 0.6 is 0 Å². The van der Waals surface area contributed by atoms with Gasteiger partial charge in [0, 0.05) is 12.1 Å². The van der Waals surface area contributed by atoms with Crippen LogP contribution in [-0.4, -0.2) is 11.5 Å². The second kappa shape index (κ2) is 6.58. The lowest BCUT2D eigenvalue weighted by molar-refractivity contribution is -0.115. The summed E-state index contributed by atoms with van der Waals surface area (Å²) in [6.07, 6.45) is 4.47. The zero-order valence-corrected chi connectivity index (χ0v) is 8.65. The summed E-state index contributed by atoms with van der Waals surface area (Å²) in [5.74, 6) is 0.173. The van der Waals surface area contributed by atoms with Crippen molar-refractivity contribution in [1.82, 2.24) is 0 Å². The molecule has 0 saturated carbocycles. The normalized spacial score (nSPS) is 9.69. The Morgan fingerprint density at radius 3 is 2.15 bits per heavy atom. The van der Waals surface area contributed by atoms with Gasteiger partial charge in [-0.2, -0.15) is 0 Å². The summed E-state index contributed by atoms with van der Waals surface area (Å²) in [6, 6.07) is 0. The van der Waals surface area contributed by atoms with E-state index < -0.39 is 0 Å². The molecule has 2 heteroatoms. The predicted octanol–water partition coefficient (Wildman–Crippen LogP) is 3.12. The van der Waals surface area contributed by atoms with Crippen molar-refractivity contribution >= 4 is 11.5 Å². The molecule has 0 fully saturated rings. The number of unbranched alkanes of at least 4 members (excludes halogenated alkanes) is 2. The lowest BCUT2D eigenvalue weighted by Gasteiger charge is -2.00. The second-order valence-corrected chi connectivity index (χ2v) is 3.54. The molecule has 0 bridgehead atoms. The molecular formula is C11H19NO. The summed E-state index contributed by atoms with van der Waals surface area (Å²) in [4.78, 5) is 11.1. The van der Waals surface area contributed by atoms with Gasteiger partial charge in [0.15, 0.2) is 5.78 Å². The Morgan fingerprint density at radius 2 is 1.69 bits per heavy atom. The van der Waals surface area contributed by atoms with Gasteiger partial charge in [-0.3, -0.25) is 4.79 Å². The van der Waals surface area contributed by atoms with Crippen molar-refractivity contribution in [2.75, 3.05) is 0 Å². The molecule has 0 spiro atoms. The van der Waals surface area contributed by atoms with Crippen molar-refractivity contribution in [3.63, 3.8) is 0 Å². The zero-order chi connectivity index (χ0) is 10.3. The molecule has 0 aromatic carbocycles. The van der Waals surface area contributed by atoms with E-state index in [1.54, 1.807) is 6.92 Å². The number of hydrogen-bond donors (Lipinski definition) is 1. The molecule has 0 atom stereocenters. The van der Waals surface area contributed by atoms with Gasteiger partial charge in [0.2, 0.25) is 0 Å². The van der Waals surface area contributed by atoms with Gasteiger partial charge in [-0.25, -0.2) is 0 Å². The minimum atomic E-state index is 0.173. The molecule has 74 valence electrons. The van der Waals surface area contributed by atoms with Gasteiger partial charge >= 0.3 is 0 Å². The Kier molecular flexibility index (Phi) is 6.11. The molecule has 0 aliphatic carbocycles. The quantitative estimate of drug-likeness (QED) is 0.366. The van der Waals surface area contributed by atoms with Gasteiger partial charge in [-0.05, 0) is 38.7 Å². The van der Waals surface area contributed by atoms with E-state index in [0.29, 0.717) is 12.0 Å². The van der Waals surface area contributed by atoms with E-state index in [1.807, 2.05) is 6.92 Å². The van der Waals surface area contributed by atoms with Crippen LogP contribution in [0.25, 0.3) is 0 Å². The van der Waals surface area contributed by atoms with Crippen molar-refractivity contribution < 1.29 is 4.79 Å². The highest BCUT2D eigenvalue weighted by molar-refractivity contribution is 5.93. The number of hydrogen-bond acceptors (Lipinski definition) is 2. The van der Waals surface area contributed by atoms with Gasteiger partial charge in [-0.1, -0.05) is 13.0 Å². The summed E-state index contributed by atoms with van der Waals surface area (Å²) < 4.78 is 0. The first-order valence-electron chi connectivity index (χ1n) is 4.76. The molecule has 13 heavy (non-hydrogen) atoms. The van der Waals surface area contributed by atoms with Crippen LogP contribution in [0.5, 0.6) is 0 Å². The molecular weight excluding hydrogens is 162 g/mol. The minimum absolute atomic E-state index is 0.173. The summed E-state index contributed by atoms with van der Waals surface area (Å²) in [5.41, 5.74) is 1.38. The molecule has 1 N–H and O–H groups in total. The highest BCUT2D eigenvalue weighted by atomic mass is 16.1. The van der Waals surface area contributed by atoms with Crippen LogP contribution < -0.4 is 0 Å². The van der Waals surface area contributed by atoms with Crippen molar-refractivity contribution in [3.8, 4) is 0 Å². The first kappa shape index (κ1) is 12.1. The Morgan fingerprint density at radius 1 is 1.15 bits per heavy atom. The molecule has 2 nitrogen and oxygen atoms in total. The van der Waals surface area contributed by atoms with Gasteiger partial charge in [0.1, 0.15) is 0 Å². The highest BCUT2D eigenvalue weighted by Gasteiger charge is 2.01. The third-order valence-corrected chi connectivity index (χ3v) is 1.93. The lowest BCUT2D eigenvalue weighted by Crippen LogP contribution is -1.98. The van der Waals surface area contributed by atoms with E-state index in [-0.39, 0.29) is 5.78 Å². The largest absolute Gasteiger partial charge is 0.310 e. The molecule has 0 amide bonds. The third kappa shape index (κ3) is 7.44. The molecule has 0 aromatic rings. The van der Waals surface area contributed by atoms with Crippen LogP contribution in [0.15, 0.2) is 12.2 Å². The Labute approximate surface area is 80.5 Å². The summed E-state index contributed by atoms with van der Waals surface area (Å²) in [6.45, 7) is 7.17. The first-order valence-corrected chi connectivity index (χ1v) is 4.76. The lowest BCUT2D eigenvalue weighted by atomic mass is 10.1. The van der Waals surface area contributed by atoms with E-state index in [2.05, 4.69) is 6.58 Å². The number of allylic oxidation sites excluding steroid dienone is 1. The van der Waals surface area contributed by atoms with Crippen LogP contribution in [0.3, 0.4) is 0 Å². The zero-order valence-electron chi connectivity index (χ0n) is 8.65. The van der Waals surface area contributed by atoms with E-state index in [1.165, 1.54) is 0 Å². The number of rotatable bonds is 7. The van der Waals surface area contributed by atoms with Gasteiger partial charge < -0.3 is 5.41 Å². The van der Waals surface area contributed by atoms with Crippen molar-refractivity contribution in [3.05, 3.63) is 12.2 Å². The molecule has 0 radical (unpaired) electrons. The molecule has 0 saturated heterocycles. The third-order valence-electron chi connectivity index (χ3n) is 1.93. The van der Waals surface area contributed by atoms with Crippen LogP contribution in [0.4, 0.5) is 0 Å².